The first-order chi connectivity index (χ1) is 18.0. The van der Waals surface area contributed by atoms with Crippen molar-refractivity contribution in [3.8, 4) is 0 Å². The molecule has 1 aliphatic heterocycles. The zero-order chi connectivity index (χ0) is 25.9. The van der Waals surface area contributed by atoms with Crippen LogP contribution in [0.3, 0.4) is 0 Å². The number of benzene rings is 2. The average molecular weight is 536 g/mol. The molecule has 0 bridgehead atoms. The minimum atomic E-state index is -0.0205. The second-order valence-electron chi connectivity index (χ2n) is 9.21. The predicted molar refractivity (Wildman–Crippen MR) is 154 cm³/mol. The summed E-state index contributed by atoms with van der Waals surface area (Å²) in [4.78, 5) is 26.2. The number of nitrogens with one attached hydrogen (secondary N) is 1. The summed E-state index contributed by atoms with van der Waals surface area (Å²) in [5, 5.41) is 4.01. The van der Waals surface area contributed by atoms with Crippen LogP contribution in [0, 0.1) is 0 Å². The highest BCUT2D eigenvalue weighted by molar-refractivity contribution is 7.99. The lowest BCUT2D eigenvalue weighted by atomic mass is 10.1. The first-order valence-electron chi connectivity index (χ1n) is 12.7. The van der Waals surface area contributed by atoms with Crippen LogP contribution in [0.25, 0.3) is 6.08 Å². The molecule has 1 atom stereocenters. The number of aryl methyl sites for hydroxylation is 1. The number of anilines is 1. The van der Waals surface area contributed by atoms with Crippen molar-refractivity contribution in [3.63, 3.8) is 0 Å². The van der Waals surface area contributed by atoms with Gasteiger partial charge in [0.15, 0.2) is 5.16 Å². The minimum absolute atomic E-state index is 0.0205. The normalized spacial score (nSPS) is 15.1. The van der Waals surface area contributed by atoms with Crippen molar-refractivity contribution in [2.24, 2.45) is 0 Å². The van der Waals surface area contributed by atoms with Crippen molar-refractivity contribution < 1.29 is 4.79 Å². The topological polar surface area (TPSA) is 61.4 Å². The molecule has 0 radical (unpaired) electrons. The Morgan fingerprint density at radius 2 is 1.76 bits per heavy atom. The van der Waals surface area contributed by atoms with Gasteiger partial charge in [-0.05, 0) is 30.9 Å². The Balaban J connectivity index is 1.21. The van der Waals surface area contributed by atoms with E-state index in [1.54, 1.807) is 0 Å². The standard InChI is InChI=1S/C29H34ClN5OS/c1-23(14-15-25-11-6-3-7-12-25)31-28(36)22-37-29-32-26(30)21-27(33-29)35-19-17-34(18-20-35)16-8-13-24-9-4-2-5-10-24/h2-13,21,23H,14-20,22H2,1H3,(H,31,36). The molecule has 1 unspecified atom stereocenters. The Morgan fingerprint density at radius 1 is 1.05 bits per heavy atom. The zero-order valence-electron chi connectivity index (χ0n) is 21.2. The second kappa shape index (κ2) is 14.2. The lowest BCUT2D eigenvalue weighted by Crippen LogP contribution is -2.46. The van der Waals surface area contributed by atoms with Gasteiger partial charge in [-0.15, -0.1) is 0 Å². The lowest BCUT2D eigenvalue weighted by Gasteiger charge is -2.35. The van der Waals surface area contributed by atoms with Crippen molar-refractivity contribution in [2.45, 2.75) is 31.0 Å². The third-order valence-corrected chi connectivity index (χ3v) is 7.32. The van der Waals surface area contributed by atoms with E-state index < -0.39 is 0 Å². The first-order valence-corrected chi connectivity index (χ1v) is 14.1. The van der Waals surface area contributed by atoms with Gasteiger partial charge in [-0.25, -0.2) is 9.97 Å². The van der Waals surface area contributed by atoms with Crippen LogP contribution in [0.4, 0.5) is 5.82 Å². The zero-order valence-corrected chi connectivity index (χ0v) is 22.8. The van der Waals surface area contributed by atoms with Gasteiger partial charge in [-0.2, -0.15) is 0 Å². The number of hydrogen-bond donors (Lipinski definition) is 1. The van der Waals surface area contributed by atoms with Crippen LogP contribution in [0.1, 0.15) is 24.5 Å². The molecule has 0 saturated carbocycles. The number of piperazine rings is 1. The van der Waals surface area contributed by atoms with Crippen molar-refractivity contribution in [2.75, 3.05) is 43.4 Å². The number of amides is 1. The van der Waals surface area contributed by atoms with Gasteiger partial charge in [-0.1, -0.05) is 96.2 Å². The molecule has 37 heavy (non-hydrogen) atoms. The van der Waals surface area contributed by atoms with Crippen molar-refractivity contribution in [1.82, 2.24) is 20.2 Å². The van der Waals surface area contributed by atoms with Gasteiger partial charge < -0.3 is 10.2 Å². The Labute approximate surface area is 229 Å². The molecule has 1 aliphatic rings. The van der Waals surface area contributed by atoms with Gasteiger partial charge in [0.1, 0.15) is 11.0 Å². The van der Waals surface area contributed by atoms with Gasteiger partial charge in [0, 0.05) is 44.8 Å². The van der Waals surface area contributed by atoms with Gasteiger partial charge in [0.25, 0.3) is 0 Å². The second-order valence-corrected chi connectivity index (χ2v) is 10.5. The summed E-state index contributed by atoms with van der Waals surface area (Å²) in [7, 11) is 0. The highest BCUT2D eigenvalue weighted by atomic mass is 35.5. The molecule has 1 amide bonds. The summed E-state index contributed by atoms with van der Waals surface area (Å²) in [5.74, 6) is 1.06. The number of carbonyl (C=O) groups excluding carboxylic acids is 1. The molecule has 6 nitrogen and oxygen atoms in total. The minimum Gasteiger partial charge on any atom is -0.354 e. The fraction of sp³-hybridized carbons (Fsp3) is 0.345. The third kappa shape index (κ3) is 9.18. The molecule has 1 N–H and O–H groups in total. The van der Waals surface area contributed by atoms with Crippen LogP contribution in [0.15, 0.2) is 78.0 Å². The van der Waals surface area contributed by atoms with Gasteiger partial charge in [0.2, 0.25) is 5.91 Å². The number of nitrogens with zero attached hydrogens (tertiary/aromatic N) is 4. The maximum atomic E-state index is 12.5. The molecule has 0 aliphatic carbocycles. The number of thioether (sulfide) groups is 1. The van der Waals surface area contributed by atoms with Gasteiger partial charge in [-0.3, -0.25) is 9.69 Å². The Morgan fingerprint density at radius 3 is 2.49 bits per heavy atom. The largest absolute Gasteiger partial charge is 0.354 e. The molecule has 2 heterocycles. The Bertz CT molecular complexity index is 1150. The molecule has 1 saturated heterocycles. The van der Waals surface area contributed by atoms with Crippen LogP contribution in [-0.4, -0.2) is 65.3 Å². The predicted octanol–water partition coefficient (Wildman–Crippen LogP) is 5.20. The fourth-order valence-corrected chi connectivity index (χ4v) is 5.11. The number of halogens is 1. The van der Waals surface area contributed by atoms with E-state index in [9.17, 15) is 4.79 Å². The summed E-state index contributed by atoms with van der Waals surface area (Å²) >= 11 is 7.63. The number of aromatic nitrogens is 2. The highest BCUT2D eigenvalue weighted by Gasteiger charge is 2.19. The van der Waals surface area contributed by atoms with E-state index in [-0.39, 0.29) is 17.7 Å². The maximum Gasteiger partial charge on any atom is 0.230 e. The highest BCUT2D eigenvalue weighted by Crippen LogP contribution is 2.23. The summed E-state index contributed by atoms with van der Waals surface area (Å²) in [5.41, 5.74) is 2.50. The molecule has 1 fully saturated rings. The number of hydrogen-bond acceptors (Lipinski definition) is 6. The lowest BCUT2D eigenvalue weighted by molar-refractivity contribution is -0.119. The van der Waals surface area contributed by atoms with Crippen molar-refractivity contribution >= 4 is 41.2 Å². The summed E-state index contributed by atoms with van der Waals surface area (Å²) in [6, 6.07) is 22.6. The first kappa shape index (κ1) is 27.2. The number of rotatable bonds is 11. The average Bonchev–Trinajstić information content (AvgIpc) is 2.92. The number of carbonyl (C=O) groups is 1. The summed E-state index contributed by atoms with van der Waals surface area (Å²) in [6.45, 7) is 6.61. The SMILES string of the molecule is CC(CCc1ccccc1)NC(=O)CSc1nc(Cl)cc(N2CCN(CC=Cc3ccccc3)CC2)n1. The third-order valence-electron chi connectivity index (χ3n) is 6.28. The molecular formula is C29H34ClN5OS. The smallest absolute Gasteiger partial charge is 0.230 e. The molecule has 194 valence electrons. The van der Waals surface area contributed by atoms with Crippen LogP contribution in [0.5, 0.6) is 0 Å². The van der Waals surface area contributed by atoms with Crippen LogP contribution >= 0.6 is 23.4 Å². The van der Waals surface area contributed by atoms with E-state index in [1.165, 1.54) is 22.9 Å². The molecule has 3 aromatic rings. The molecule has 4 rings (SSSR count). The van der Waals surface area contributed by atoms with Crippen LogP contribution in [0.2, 0.25) is 5.15 Å². The monoisotopic (exact) mass is 535 g/mol. The van der Waals surface area contributed by atoms with E-state index in [2.05, 4.69) is 68.7 Å². The van der Waals surface area contributed by atoms with Gasteiger partial charge in [0.05, 0.1) is 5.75 Å². The quantitative estimate of drug-likeness (QED) is 0.207. The van der Waals surface area contributed by atoms with Crippen LogP contribution in [-0.2, 0) is 11.2 Å². The summed E-state index contributed by atoms with van der Waals surface area (Å²) < 4.78 is 0. The molecule has 1 aromatic heterocycles. The molecule has 8 heteroatoms. The van der Waals surface area contributed by atoms with E-state index in [0.29, 0.717) is 10.3 Å². The fourth-order valence-electron chi connectivity index (χ4n) is 4.22. The van der Waals surface area contributed by atoms with E-state index >= 15 is 0 Å². The molecule has 2 aromatic carbocycles. The summed E-state index contributed by atoms with van der Waals surface area (Å²) in [6.07, 6.45) is 6.22. The molecular weight excluding hydrogens is 502 g/mol. The van der Waals surface area contributed by atoms with Crippen molar-refractivity contribution in [3.05, 3.63) is 89.1 Å². The van der Waals surface area contributed by atoms with Crippen molar-refractivity contribution in [1.29, 1.82) is 0 Å². The Kier molecular flexibility index (Phi) is 10.4. The van der Waals surface area contributed by atoms with E-state index in [4.69, 9.17) is 16.6 Å². The van der Waals surface area contributed by atoms with Gasteiger partial charge >= 0.3 is 0 Å². The van der Waals surface area contributed by atoms with E-state index in [0.717, 1.165) is 51.4 Å². The maximum absolute atomic E-state index is 12.5. The van der Waals surface area contributed by atoms with Crippen LogP contribution < -0.4 is 10.2 Å². The Hall–Kier alpha value is -2.87. The van der Waals surface area contributed by atoms with E-state index in [1.807, 2.05) is 37.3 Å². The molecule has 0 spiro atoms.